The van der Waals surface area contributed by atoms with E-state index in [1.165, 1.54) is 32.1 Å². The first kappa shape index (κ1) is 16.9. The maximum Gasteiger partial charge on any atom is 0.241 e. The summed E-state index contributed by atoms with van der Waals surface area (Å²) in [6.07, 6.45) is 7.50. The second-order valence-electron chi connectivity index (χ2n) is 6.84. The van der Waals surface area contributed by atoms with E-state index in [2.05, 4.69) is 10.6 Å². The SMILES string of the molecule is N=C(NO)c1ccc(NC(=O)[C@H]2NCC[C@H]2C2CCCCC2)cc1. The van der Waals surface area contributed by atoms with Gasteiger partial charge in [0.25, 0.3) is 0 Å². The Labute approximate surface area is 142 Å². The van der Waals surface area contributed by atoms with Crippen molar-refractivity contribution in [1.82, 2.24) is 10.8 Å². The molecule has 1 saturated heterocycles. The number of amidine groups is 1. The Morgan fingerprint density at radius 3 is 2.50 bits per heavy atom. The zero-order valence-corrected chi connectivity index (χ0v) is 13.8. The van der Waals surface area contributed by atoms with E-state index in [0.29, 0.717) is 23.1 Å². The van der Waals surface area contributed by atoms with Gasteiger partial charge in [0, 0.05) is 11.3 Å². The van der Waals surface area contributed by atoms with Crippen molar-refractivity contribution in [3.63, 3.8) is 0 Å². The van der Waals surface area contributed by atoms with Crippen molar-refractivity contribution in [2.45, 2.75) is 44.6 Å². The number of hydroxylamine groups is 1. The minimum atomic E-state index is -0.106. The van der Waals surface area contributed by atoms with E-state index in [1.807, 2.05) is 5.48 Å². The van der Waals surface area contributed by atoms with Crippen molar-refractivity contribution in [2.24, 2.45) is 11.8 Å². The topological polar surface area (TPSA) is 97.2 Å². The van der Waals surface area contributed by atoms with E-state index in [0.717, 1.165) is 13.0 Å². The number of hydrogen-bond acceptors (Lipinski definition) is 4. The lowest BCUT2D eigenvalue weighted by atomic mass is 9.76. The fourth-order valence-corrected chi connectivity index (χ4v) is 4.09. The summed E-state index contributed by atoms with van der Waals surface area (Å²) in [5, 5.41) is 22.6. The summed E-state index contributed by atoms with van der Waals surface area (Å²) < 4.78 is 0. The molecule has 1 aliphatic heterocycles. The largest absolute Gasteiger partial charge is 0.325 e. The lowest BCUT2D eigenvalue weighted by Gasteiger charge is -2.30. The first-order valence-electron chi connectivity index (χ1n) is 8.82. The number of carbonyl (C=O) groups excluding carboxylic acids is 1. The summed E-state index contributed by atoms with van der Waals surface area (Å²) >= 11 is 0. The van der Waals surface area contributed by atoms with Crippen molar-refractivity contribution in [2.75, 3.05) is 11.9 Å². The van der Waals surface area contributed by atoms with Gasteiger partial charge in [-0.2, -0.15) is 0 Å². The van der Waals surface area contributed by atoms with Crippen LogP contribution in [-0.2, 0) is 4.79 Å². The average molecular weight is 330 g/mol. The molecule has 1 amide bonds. The summed E-state index contributed by atoms with van der Waals surface area (Å²) in [6.45, 7) is 0.914. The van der Waals surface area contributed by atoms with E-state index >= 15 is 0 Å². The first-order chi connectivity index (χ1) is 11.7. The summed E-state index contributed by atoms with van der Waals surface area (Å²) in [6, 6.07) is 6.79. The third-order valence-corrected chi connectivity index (χ3v) is 5.36. The third-order valence-electron chi connectivity index (χ3n) is 5.36. The lowest BCUT2D eigenvalue weighted by molar-refractivity contribution is -0.119. The smallest absolute Gasteiger partial charge is 0.241 e. The Bertz CT molecular complexity index is 581. The van der Waals surface area contributed by atoms with Gasteiger partial charge < -0.3 is 10.6 Å². The van der Waals surface area contributed by atoms with Gasteiger partial charge in [0.05, 0.1) is 6.04 Å². The number of benzene rings is 1. The molecule has 1 aromatic rings. The highest BCUT2D eigenvalue weighted by Gasteiger charge is 2.38. The lowest BCUT2D eigenvalue weighted by Crippen LogP contribution is -2.42. The van der Waals surface area contributed by atoms with E-state index in [9.17, 15) is 4.79 Å². The van der Waals surface area contributed by atoms with Gasteiger partial charge in [-0.25, -0.2) is 0 Å². The van der Waals surface area contributed by atoms with Crippen molar-refractivity contribution in [3.8, 4) is 0 Å². The molecule has 1 aromatic carbocycles. The summed E-state index contributed by atoms with van der Waals surface area (Å²) in [5.74, 6) is 1.08. The number of rotatable bonds is 4. The first-order valence-corrected chi connectivity index (χ1v) is 8.82. The normalized spacial score (nSPS) is 24.5. The molecular formula is C18H26N4O2. The molecule has 24 heavy (non-hydrogen) atoms. The summed E-state index contributed by atoms with van der Waals surface area (Å²) in [4.78, 5) is 12.7. The van der Waals surface area contributed by atoms with Gasteiger partial charge >= 0.3 is 0 Å². The molecule has 1 saturated carbocycles. The molecule has 6 nitrogen and oxygen atoms in total. The molecule has 6 heteroatoms. The molecule has 0 bridgehead atoms. The minimum absolute atomic E-state index is 0.0335. The Kier molecular flexibility index (Phi) is 5.48. The Balaban J connectivity index is 1.62. The third kappa shape index (κ3) is 3.76. The highest BCUT2D eigenvalue weighted by molar-refractivity contribution is 5.98. The van der Waals surface area contributed by atoms with E-state index in [-0.39, 0.29) is 17.8 Å². The van der Waals surface area contributed by atoms with Crippen molar-refractivity contribution >= 4 is 17.4 Å². The van der Waals surface area contributed by atoms with E-state index in [4.69, 9.17) is 10.6 Å². The maximum atomic E-state index is 12.7. The molecule has 3 rings (SSSR count). The number of amides is 1. The van der Waals surface area contributed by atoms with E-state index in [1.54, 1.807) is 24.3 Å². The van der Waals surface area contributed by atoms with Crippen LogP contribution in [0.5, 0.6) is 0 Å². The van der Waals surface area contributed by atoms with Gasteiger partial charge in [-0.1, -0.05) is 32.1 Å². The van der Waals surface area contributed by atoms with Crippen LogP contribution < -0.4 is 16.1 Å². The molecule has 0 radical (unpaired) electrons. The monoisotopic (exact) mass is 330 g/mol. The van der Waals surface area contributed by atoms with E-state index < -0.39 is 0 Å². The van der Waals surface area contributed by atoms with Crippen LogP contribution in [0.1, 0.15) is 44.1 Å². The Morgan fingerprint density at radius 2 is 1.83 bits per heavy atom. The number of hydrogen-bond donors (Lipinski definition) is 5. The number of anilines is 1. The second-order valence-corrected chi connectivity index (χ2v) is 6.84. The van der Waals surface area contributed by atoms with Crippen LogP contribution in [0.3, 0.4) is 0 Å². The molecule has 2 atom stereocenters. The van der Waals surface area contributed by atoms with Crippen molar-refractivity contribution in [3.05, 3.63) is 29.8 Å². The minimum Gasteiger partial charge on any atom is -0.325 e. The molecule has 130 valence electrons. The molecule has 1 aliphatic carbocycles. The summed E-state index contributed by atoms with van der Waals surface area (Å²) in [7, 11) is 0. The van der Waals surface area contributed by atoms with Crippen LogP contribution in [0.4, 0.5) is 5.69 Å². The van der Waals surface area contributed by atoms with Crippen LogP contribution in [-0.4, -0.2) is 29.5 Å². The highest BCUT2D eigenvalue weighted by atomic mass is 16.5. The average Bonchev–Trinajstić information content (AvgIpc) is 3.12. The molecule has 5 N–H and O–H groups in total. The molecule has 0 unspecified atom stereocenters. The van der Waals surface area contributed by atoms with Crippen LogP contribution in [0.2, 0.25) is 0 Å². The second kappa shape index (κ2) is 7.77. The van der Waals surface area contributed by atoms with Gasteiger partial charge in [0.1, 0.15) is 5.84 Å². The van der Waals surface area contributed by atoms with Crippen LogP contribution in [0, 0.1) is 17.2 Å². The zero-order chi connectivity index (χ0) is 16.9. The molecule has 1 heterocycles. The zero-order valence-electron chi connectivity index (χ0n) is 13.8. The fourth-order valence-electron chi connectivity index (χ4n) is 4.09. The Morgan fingerprint density at radius 1 is 1.12 bits per heavy atom. The van der Waals surface area contributed by atoms with Crippen LogP contribution in [0.15, 0.2) is 24.3 Å². The molecule has 2 fully saturated rings. The number of nitrogens with one attached hydrogen (secondary N) is 4. The van der Waals surface area contributed by atoms with Gasteiger partial charge in [0.15, 0.2) is 0 Å². The fraction of sp³-hybridized carbons (Fsp3) is 0.556. The predicted molar refractivity (Wildman–Crippen MR) is 93.3 cm³/mol. The predicted octanol–water partition coefficient (Wildman–Crippen LogP) is 2.49. The van der Waals surface area contributed by atoms with Crippen molar-refractivity contribution < 1.29 is 10.0 Å². The highest BCUT2D eigenvalue weighted by Crippen LogP contribution is 2.36. The quantitative estimate of drug-likeness (QED) is 0.333. The molecular weight excluding hydrogens is 304 g/mol. The molecule has 2 aliphatic rings. The summed E-state index contributed by atoms with van der Waals surface area (Å²) in [5.41, 5.74) is 3.09. The van der Waals surface area contributed by atoms with Gasteiger partial charge in [-0.15, -0.1) is 0 Å². The van der Waals surface area contributed by atoms with Crippen LogP contribution in [0.25, 0.3) is 0 Å². The van der Waals surface area contributed by atoms with Gasteiger partial charge in [-0.3, -0.25) is 20.9 Å². The standard InChI is InChI=1S/C18H26N4O2/c19-17(22-24)13-6-8-14(9-7-13)21-18(23)16-15(10-11-20-16)12-4-2-1-3-5-12/h6-9,12,15-16,20,24H,1-5,10-11H2,(H2,19,22)(H,21,23)/t15-,16-/m0/s1. The van der Waals surface area contributed by atoms with Crippen LogP contribution >= 0.6 is 0 Å². The molecule has 0 spiro atoms. The van der Waals surface area contributed by atoms with Crippen molar-refractivity contribution in [1.29, 1.82) is 5.41 Å². The maximum absolute atomic E-state index is 12.7. The number of carbonyl (C=O) groups is 1. The Hall–Kier alpha value is -1.92. The van der Waals surface area contributed by atoms with Gasteiger partial charge in [-0.05, 0) is 49.1 Å². The molecule has 0 aromatic heterocycles. The van der Waals surface area contributed by atoms with Gasteiger partial charge in [0.2, 0.25) is 5.91 Å².